The van der Waals surface area contributed by atoms with E-state index in [1.54, 1.807) is 87.9 Å². The molecule has 0 aliphatic heterocycles. The van der Waals surface area contributed by atoms with E-state index in [4.69, 9.17) is 67.8 Å². The van der Waals surface area contributed by atoms with Gasteiger partial charge in [-0.05, 0) is 72.8 Å². The fraction of sp³-hybridized carbons (Fsp3) is 0.128. The summed E-state index contributed by atoms with van der Waals surface area (Å²) >= 11 is 29.1. The van der Waals surface area contributed by atoms with Gasteiger partial charge in [0.25, 0.3) is 0 Å². The molecule has 0 amide bonds. The third-order valence-electron chi connectivity index (χ3n) is 8.64. The first-order valence-corrected chi connectivity index (χ1v) is 21.2. The van der Waals surface area contributed by atoms with Gasteiger partial charge in [0, 0.05) is 50.3 Å². The molecule has 0 radical (unpaired) electrons. The van der Waals surface area contributed by atoms with Crippen LogP contribution in [0.3, 0.4) is 0 Å². The van der Waals surface area contributed by atoms with Crippen LogP contribution in [0, 0.1) is 0 Å². The van der Waals surface area contributed by atoms with Gasteiger partial charge in [0.2, 0.25) is 0 Å². The highest BCUT2D eigenvalue weighted by Crippen LogP contribution is 2.30. The zero-order valence-corrected chi connectivity index (χ0v) is 40.5. The number of aromatic carboxylic acids is 1. The van der Waals surface area contributed by atoms with Crippen molar-refractivity contribution in [1.29, 1.82) is 0 Å². The lowest BCUT2D eigenvalue weighted by Gasteiger charge is -2.18. The van der Waals surface area contributed by atoms with E-state index >= 15 is 0 Å². The Morgan fingerprint density at radius 2 is 1.09 bits per heavy atom. The number of halogens is 5. The molecule has 0 aromatic carbocycles. The van der Waals surface area contributed by atoms with Crippen molar-refractivity contribution in [2.75, 3.05) is 21.3 Å². The van der Waals surface area contributed by atoms with Crippen molar-refractivity contribution < 1.29 is 57.9 Å². The number of hydrogen-bond donors (Lipinski definition) is 2. The molecular formula is C47H40Cl5N5O12. The van der Waals surface area contributed by atoms with E-state index in [9.17, 15) is 33.9 Å². The quantitative estimate of drug-likeness (QED) is 0.0562. The van der Waals surface area contributed by atoms with Crippen LogP contribution in [-0.2, 0) is 33.3 Å². The molecule has 2 unspecified atom stereocenters. The zero-order chi connectivity index (χ0) is 51.4. The molecule has 7 aromatic heterocycles. The van der Waals surface area contributed by atoms with Gasteiger partial charge < -0.3 is 38.0 Å². The molecule has 360 valence electrons. The molecule has 0 saturated heterocycles. The first-order chi connectivity index (χ1) is 32.8. The Morgan fingerprint density at radius 3 is 1.51 bits per heavy atom. The number of pyridine rings is 5. The second-order valence-electron chi connectivity index (χ2n) is 13.2. The highest BCUT2D eigenvalue weighted by Gasteiger charge is 2.28. The number of carboxylic acids is 1. The summed E-state index contributed by atoms with van der Waals surface area (Å²) in [6, 6.07) is 20.0. The van der Waals surface area contributed by atoms with E-state index in [2.05, 4.69) is 42.3 Å². The number of fused-ring (bicyclic) bond motifs is 2. The van der Waals surface area contributed by atoms with Crippen molar-refractivity contribution in [3.63, 3.8) is 0 Å². The lowest BCUT2D eigenvalue weighted by molar-refractivity contribution is -0.147. The number of hydrogen-bond acceptors (Lipinski definition) is 14. The molecule has 7 rings (SSSR count). The second-order valence-corrected chi connectivity index (χ2v) is 15.2. The van der Waals surface area contributed by atoms with E-state index < -0.39 is 36.1 Å². The van der Waals surface area contributed by atoms with Crippen molar-refractivity contribution in [3.8, 4) is 0 Å². The Labute approximate surface area is 419 Å². The summed E-state index contributed by atoms with van der Waals surface area (Å²) in [5, 5.41) is 20.5. The number of carbonyl (C=O) groups excluding carboxylic acids is 5. The van der Waals surface area contributed by atoms with Gasteiger partial charge in [-0.25, -0.2) is 19.2 Å². The number of nitrogens with zero attached hydrogens (tertiary/aromatic N) is 5. The normalized spacial score (nSPS) is 10.9. The van der Waals surface area contributed by atoms with Crippen LogP contribution in [0.1, 0.15) is 61.7 Å². The highest BCUT2D eigenvalue weighted by atomic mass is 35.5. The number of ether oxygens (including phenoxy) is 4. The second kappa shape index (κ2) is 27.6. The summed E-state index contributed by atoms with van der Waals surface area (Å²) in [5.41, 5.74) is 2.83. The maximum Gasteiger partial charge on any atom is 0.339 e. The Hall–Kier alpha value is -7.12. The summed E-state index contributed by atoms with van der Waals surface area (Å²) in [6.45, 7) is 8.18. The lowest BCUT2D eigenvalue weighted by atomic mass is 10.1. The van der Waals surface area contributed by atoms with E-state index in [1.165, 1.54) is 53.0 Å². The van der Waals surface area contributed by atoms with Crippen LogP contribution in [0.4, 0.5) is 0 Å². The lowest BCUT2D eigenvalue weighted by Crippen LogP contribution is -2.18. The number of carboxylic acid groups (broad SMARTS) is 1. The average molecular weight is 1040 g/mol. The summed E-state index contributed by atoms with van der Waals surface area (Å²) in [5.74, 6) is -3.26. The molecule has 0 aliphatic rings. The number of aromatic nitrogens is 5. The van der Waals surface area contributed by atoms with Crippen LogP contribution in [0.25, 0.3) is 11.0 Å². The number of esters is 4. The van der Waals surface area contributed by atoms with Gasteiger partial charge in [0.05, 0.1) is 85.4 Å². The standard InChI is InChI=1S/C12H12ClNO4.C10H10ClNO3.C10H8ClNO2.C9H6ClNO2.C6H4ClNO/c1-7(12(16)17-3)11(18-8(2)15)10-9(13)5-4-6-14-10;1-6(10(14)15-2)9(13)8-7(11)4-3-5-12-8;1-14-10(13)7-5-9-8(11)3-2-4-12(9)6-7;10-7-2-1-3-11-5-6(9(12)13)4-8(7)11;7-5-2-1-3-8-6(5)4-9/h4-6,11H,1H2,2-3H3;3-5,9,13H,1H2,2H3;2-6H,1H3;1-5H,(H,12,13);1-4H. The topological polar surface area (TPSA) is 227 Å². The molecule has 2 N–H and O–H groups in total. The fourth-order valence-electron chi connectivity index (χ4n) is 5.32. The third kappa shape index (κ3) is 16.3. The van der Waals surface area contributed by atoms with Crippen molar-refractivity contribution in [2.24, 2.45) is 0 Å². The van der Waals surface area contributed by atoms with E-state index in [1.807, 2.05) is 12.3 Å². The van der Waals surface area contributed by atoms with Gasteiger partial charge in [0.15, 0.2) is 12.4 Å². The van der Waals surface area contributed by atoms with Crippen molar-refractivity contribution in [1.82, 2.24) is 23.8 Å². The molecule has 2 atom stereocenters. The smallest absolute Gasteiger partial charge is 0.339 e. The van der Waals surface area contributed by atoms with Gasteiger partial charge in [-0.3, -0.25) is 24.5 Å². The number of aliphatic hydroxyl groups excluding tert-OH is 1. The molecule has 69 heavy (non-hydrogen) atoms. The number of carbonyl (C=O) groups is 6. The summed E-state index contributed by atoms with van der Waals surface area (Å²) in [4.78, 5) is 77.1. The molecule has 22 heteroatoms. The molecule has 0 bridgehead atoms. The molecule has 7 heterocycles. The summed E-state index contributed by atoms with van der Waals surface area (Å²) in [7, 11) is 3.77. The first kappa shape index (κ1) is 56.2. The number of methoxy groups -OCH3 is 3. The van der Waals surface area contributed by atoms with Gasteiger partial charge in [-0.15, -0.1) is 0 Å². The van der Waals surface area contributed by atoms with E-state index in [0.29, 0.717) is 38.1 Å². The van der Waals surface area contributed by atoms with Crippen LogP contribution in [0.15, 0.2) is 140 Å². The van der Waals surface area contributed by atoms with E-state index in [0.717, 1.165) is 5.52 Å². The Morgan fingerprint density at radius 1 is 0.638 bits per heavy atom. The molecular weight excluding hydrogens is 1000 g/mol. The van der Waals surface area contributed by atoms with Crippen molar-refractivity contribution in [2.45, 2.75) is 19.1 Å². The van der Waals surface area contributed by atoms with Crippen LogP contribution in [0.2, 0.25) is 25.1 Å². The summed E-state index contributed by atoms with van der Waals surface area (Å²) in [6.07, 6.45) is 9.60. The Bertz CT molecular complexity index is 2980. The van der Waals surface area contributed by atoms with Crippen molar-refractivity contribution >= 4 is 105 Å². The number of rotatable bonds is 10. The number of aliphatic hydroxyl groups is 1. The maximum atomic E-state index is 11.4. The van der Waals surface area contributed by atoms with Crippen LogP contribution in [-0.4, -0.2) is 91.4 Å². The molecule has 0 aliphatic carbocycles. The Kier molecular flexibility index (Phi) is 22.5. The van der Waals surface area contributed by atoms with Gasteiger partial charge in [-0.2, -0.15) is 0 Å². The van der Waals surface area contributed by atoms with Crippen molar-refractivity contribution in [3.05, 3.63) is 194 Å². The van der Waals surface area contributed by atoms with Crippen LogP contribution < -0.4 is 0 Å². The van der Waals surface area contributed by atoms with Gasteiger partial charge in [-0.1, -0.05) is 71.2 Å². The number of aldehydes is 1. The molecule has 0 fully saturated rings. The zero-order valence-electron chi connectivity index (χ0n) is 36.7. The first-order valence-electron chi connectivity index (χ1n) is 19.3. The average Bonchev–Trinajstić information content (AvgIpc) is 4.01. The largest absolute Gasteiger partial charge is 0.478 e. The summed E-state index contributed by atoms with van der Waals surface area (Å²) < 4.78 is 22.1. The van der Waals surface area contributed by atoms with Crippen LogP contribution in [0.5, 0.6) is 0 Å². The van der Waals surface area contributed by atoms with Crippen LogP contribution >= 0.6 is 58.0 Å². The predicted octanol–water partition coefficient (Wildman–Crippen LogP) is 9.78. The minimum absolute atomic E-state index is 0.0479. The molecule has 0 saturated carbocycles. The predicted molar refractivity (Wildman–Crippen MR) is 258 cm³/mol. The third-order valence-corrected chi connectivity index (χ3v) is 10.2. The van der Waals surface area contributed by atoms with Gasteiger partial charge in [0.1, 0.15) is 17.5 Å². The molecule has 17 nitrogen and oxygen atoms in total. The molecule has 7 aromatic rings. The molecule has 0 spiro atoms. The highest BCUT2D eigenvalue weighted by molar-refractivity contribution is 6.34. The van der Waals surface area contributed by atoms with Gasteiger partial charge >= 0.3 is 29.8 Å². The fourth-order valence-corrected chi connectivity index (χ4v) is 6.39. The SMILES string of the molecule is C=C(C(=O)OC)C(O)c1ncccc1Cl.C=C(C(=O)OC)C(OC(C)=O)c1ncccc1Cl.COC(=O)c1cc2c(Cl)cccn2c1.O=C(O)c1cc2c(Cl)cccn2c1.O=Cc1ncccc1Cl. The monoisotopic (exact) mass is 1040 g/mol. The maximum absolute atomic E-state index is 11.4. The Balaban J connectivity index is 0.000000231. The minimum Gasteiger partial charge on any atom is -0.478 e. The van der Waals surface area contributed by atoms with E-state index in [-0.39, 0.29) is 44.1 Å². The minimum atomic E-state index is -1.24.